The summed E-state index contributed by atoms with van der Waals surface area (Å²) in [5.41, 5.74) is 4.21. The standard InChI is InChI=1S/C34H34ClN3O5S/c1-23-17-24(2)33(25(3)18-23)44(41,42)37(20-27-13-15-28(35)16-14-27)22-32(39)38-21-31(43-30-12-8-7-11-29(30)38)34(40)36-19-26-9-5-4-6-10-26/h4-18,31H,19-22H2,1-3H3,(H,36,40)/t31-/m0/s1. The largest absolute Gasteiger partial charge is 0.477 e. The average molecular weight is 632 g/mol. The molecule has 0 radical (unpaired) electrons. The molecular weight excluding hydrogens is 598 g/mol. The van der Waals surface area contributed by atoms with E-state index in [1.54, 1.807) is 62.4 Å². The first-order valence-corrected chi connectivity index (χ1v) is 16.0. The van der Waals surface area contributed by atoms with Crippen molar-refractivity contribution in [3.05, 3.63) is 124 Å². The van der Waals surface area contributed by atoms with Gasteiger partial charge < -0.3 is 15.0 Å². The molecule has 10 heteroatoms. The number of carbonyl (C=O) groups is 2. The smallest absolute Gasteiger partial charge is 0.263 e. The molecule has 44 heavy (non-hydrogen) atoms. The van der Waals surface area contributed by atoms with Crippen molar-refractivity contribution < 1.29 is 22.7 Å². The zero-order valence-corrected chi connectivity index (χ0v) is 26.4. The van der Waals surface area contributed by atoms with Crippen molar-refractivity contribution >= 4 is 39.1 Å². The molecule has 0 saturated carbocycles. The molecule has 5 rings (SSSR count). The Morgan fingerprint density at radius 3 is 2.23 bits per heavy atom. The molecule has 1 heterocycles. The minimum Gasteiger partial charge on any atom is -0.477 e. The van der Waals surface area contributed by atoms with Crippen LogP contribution in [0.15, 0.2) is 95.9 Å². The zero-order chi connectivity index (χ0) is 31.4. The molecule has 1 aliphatic rings. The molecule has 0 spiro atoms. The van der Waals surface area contributed by atoms with E-state index in [9.17, 15) is 18.0 Å². The Bertz CT molecular complexity index is 1760. The van der Waals surface area contributed by atoms with Gasteiger partial charge in [0.2, 0.25) is 15.9 Å². The molecule has 4 aromatic carbocycles. The fourth-order valence-corrected chi connectivity index (χ4v) is 7.38. The molecule has 2 amide bonds. The van der Waals surface area contributed by atoms with E-state index >= 15 is 0 Å². The van der Waals surface area contributed by atoms with E-state index in [0.717, 1.165) is 11.1 Å². The molecule has 0 aromatic heterocycles. The third-order valence-electron chi connectivity index (χ3n) is 7.46. The van der Waals surface area contributed by atoms with Crippen molar-refractivity contribution in [3.63, 3.8) is 0 Å². The van der Waals surface area contributed by atoms with Crippen LogP contribution in [0.3, 0.4) is 0 Å². The monoisotopic (exact) mass is 631 g/mol. The number of hydrogen-bond donors (Lipinski definition) is 1. The third-order valence-corrected chi connectivity index (χ3v) is 9.81. The van der Waals surface area contributed by atoms with E-state index in [4.69, 9.17) is 16.3 Å². The van der Waals surface area contributed by atoms with Crippen molar-refractivity contribution in [1.29, 1.82) is 0 Å². The number of ether oxygens (including phenoxy) is 1. The number of nitrogens with one attached hydrogen (secondary N) is 1. The van der Waals surface area contributed by atoms with Gasteiger partial charge in [0.15, 0.2) is 6.10 Å². The number of carbonyl (C=O) groups excluding carboxylic acids is 2. The van der Waals surface area contributed by atoms with Crippen molar-refractivity contribution in [2.75, 3.05) is 18.0 Å². The van der Waals surface area contributed by atoms with E-state index in [-0.39, 0.29) is 23.9 Å². The van der Waals surface area contributed by atoms with Gasteiger partial charge in [-0.2, -0.15) is 4.31 Å². The second-order valence-corrected chi connectivity index (χ2v) is 13.2. The second-order valence-electron chi connectivity index (χ2n) is 10.9. The van der Waals surface area contributed by atoms with Gasteiger partial charge >= 0.3 is 0 Å². The summed E-state index contributed by atoms with van der Waals surface area (Å²) in [6.07, 6.45) is -0.986. The average Bonchev–Trinajstić information content (AvgIpc) is 2.99. The fourth-order valence-electron chi connectivity index (χ4n) is 5.46. The number of aryl methyl sites for hydroxylation is 3. The number of anilines is 1. The highest BCUT2D eigenvalue weighted by Crippen LogP contribution is 2.34. The van der Waals surface area contributed by atoms with Crippen molar-refractivity contribution in [2.24, 2.45) is 0 Å². The van der Waals surface area contributed by atoms with Gasteiger partial charge in [-0.1, -0.05) is 83.9 Å². The Morgan fingerprint density at radius 1 is 0.909 bits per heavy atom. The van der Waals surface area contributed by atoms with Crippen LogP contribution in [0.4, 0.5) is 5.69 Å². The molecule has 0 bridgehead atoms. The predicted molar refractivity (Wildman–Crippen MR) is 171 cm³/mol. The molecule has 8 nitrogen and oxygen atoms in total. The minimum absolute atomic E-state index is 0.0506. The molecule has 0 unspecified atom stereocenters. The summed E-state index contributed by atoms with van der Waals surface area (Å²) >= 11 is 6.08. The Kier molecular flexibility index (Phi) is 9.39. The number of halogens is 1. The van der Waals surface area contributed by atoms with Crippen LogP contribution in [0, 0.1) is 20.8 Å². The Morgan fingerprint density at radius 2 is 1.55 bits per heavy atom. The van der Waals surface area contributed by atoms with Crippen LogP contribution in [-0.4, -0.2) is 43.7 Å². The topological polar surface area (TPSA) is 96.0 Å². The molecule has 1 aliphatic heterocycles. The minimum atomic E-state index is -4.13. The Labute approximate surface area is 263 Å². The van der Waals surface area contributed by atoms with Crippen LogP contribution in [0.5, 0.6) is 5.75 Å². The van der Waals surface area contributed by atoms with E-state index < -0.39 is 28.6 Å². The van der Waals surface area contributed by atoms with E-state index in [1.165, 1.54) is 9.21 Å². The fraction of sp³-hybridized carbons (Fsp3) is 0.235. The summed E-state index contributed by atoms with van der Waals surface area (Å²) in [5.74, 6) is -0.497. The molecule has 0 saturated heterocycles. The normalized spacial score (nSPS) is 14.6. The van der Waals surface area contributed by atoms with Gasteiger partial charge in [-0.15, -0.1) is 0 Å². The molecular formula is C34H34ClN3O5S. The molecule has 0 aliphatic carbocycles. The van der Waals surface area contributed by atoms with Crippen LogP contribution in [-0.2, 0) is 32.7 Å². The predicted octanol–water partition coefficient (Wildman–Crippen LogP) is 5.57. The van der Waals surface area contributed by atoms with E-state index in [0.29, 0.717) is 39.7 Å². The maximum atomic E-state index is 14.3. The summed E-state index contributed by atoms with van der Waals surface area (Å²) < 4.78 is 35.7. The molecule has 1 N–H and O–H groups in total. The number of fused-ring (bicyclic) bond motifs is 1. The van der Waals surface area contributed by atoms with Crippen LogP contribution in [0.1, 0.15) is 27.8 Å². The Balaban J connectivity index is 1.44. The summed E-state index contributed by atoms with van der Waals surface area (Å²) in [6, 6.07) is 26.9. The lowest BCUT2D eigenvalue weighted by atomic mass is 10.1. The molecule has 1 atom stereocenters. The first-order valence-electron chi connectivity index (χ1n) is 14.2. The number of nitrogens with zero attached hydrogens (tertiary/aromatic N) is 2. The highest BCUT2D eigenvalue weighted by molar-refractivity contribution is 7.89. The highest BCUT2D eigenvalue weighted by atomic mass is 35.5. The van der Waals surface area contributed by atoms with Gasteiger partial charge in [0.05, 0.1) is 23.7 Å². The summed E-state index contributed by atoms with van der Waals surface area (Å²) in [6.45, 7) is 5.15. The van der Waals surface area contributed by atoms with Gasteiger partial charge in [-0.25, -0.2) is 8.42 Å². The summed E-state index contributed by atoms with van der Waals surface area (Å²) in [4.78, 5) is 28.9. The highest BCUT2D eigenvalue weighted by Gasteiger charge is 2.37. The lowest BCUT2D eigenvalue weighted by molar-refractivity contribution is -0.128. The SMILES string of the molecule is Cc1cc(C)c(S(=O)(=O)N(CC(=O)N2C[C@@H](C(=O)NCc3ccccc3)Oc3ccccc32)Cc2ccc(Cl)cc2)c(C)c1. The molecule has 4 aromatic rings. The van der Waals surface area contributed by atoms with Crippen molar-refractivity contribution in [3.8, 4) is 5.75 Å². The third kappa shape index (κ3) is 6.96. The van der Waals surface area contributed by atoms with Crippen LogP contribution >= 0.6 is 11.6 Å². The van der Waals surface area contributed by atoms with Crippen molar-refractivity contribution in [1.82, 2.24) is 9.62 Å². The molecule has 0 fully saturated rings. The number of hydrogen-bond acceptors (Lipinski definition) is 5. The van der Waals surface area contributed by atoms with E-state index in [2.05, 4.69) is 5.32 Å². The number of sulfonamides is 1. The number of amides is 2. The number of benzene rings is 4. The summed E-state index contributed by atoms with van der Waals surface area (Å²) in [7, 11) is -4.13. The summed E-state index contributed by atoms with van der Waals surface area (Å²) in [5, 5.41) is 3.40. The van der Waals surface area contributed by atoms with Gasteiger partial charge in [0.25, 0.3) is 5.91 Å². The van der Waals surface area contributed by atoms with Gasteiger partial charge in [-0.05, 0) is 67.3 Å². The maximum absolute atomic E-state index is 14.3. The molecule has 228 valence electrons. The maximum Gasteiger partial charge on any atom is 0.263 e. The van der Waals surface area contributed by atoms with Crippen LogP contribution in [0.25, 0.3) is 0 Å². The number of rotatable bonds is 9. The quantitative estimate of drug-likeness (QED) is 0.261. The lowest BCUT2D eigenvalue weighted by Crippen LogP contribution is -2.52. The first kappa shape index (κ1) is 31.3. The Hall–Kier alpha value is -4.18. The van der Waals surface area contributed by atoms with Gasteiger partial charge in [-0.3, -0.25) is 9.59 Å². The van der Waals surface area contributed by atoms with Gasteiger partial charge in [0.1, 0.15) is 5.75 Å². The zero-order valence-electron chi connectivity index (χ0n) is 24.8. The van der Waals surface area contributed by atoms with Gasteiger partial charge in [0, 0.05) is 18.1 Å². The first-order chi connectivity index (χ1) is 21.0. The second kappa shape index (κ2) is 13.2. The number of para-hydroxylation sites is 2. The van der Waals surface area contributed by atoms with Crippen LogP contribution in [0.2, 0.25) is 5.02 Å². The van der Waals surface area contributed by atoms with Crippen LogP contribution < -0.4 is 15.0 Å². The van der Waals surface area contributed by atoms with E-state index in [1.807, 2.05) is 49.4 Å². The lowest BCUT2D eigenvalue weighted by Gasteiger charge is -2.35. The van der Waals surface area contributed by atoms with Crippen molar-refractivity contribution in [2.45, 2.75) is 44.9 Å².